The van der Waals surface area contributed by atoms with Crippen LogP contribution in [-0.2, 0) is 26.2 Å². The molecule has 0 bridgehead atoms. The van der Waals surface area contributed by atoms with E-state index in [-0.39, 0.29) is 26.2 Å². The van der Waals surface area contributed by atoms with Crippen LogP contribution in [0.3, 0.4) is 0 Å². The van der Waals surface area contributed by atoms with E-state index in [0.29, 0.717) is 0 Å². The summed E-state index contributed by atoms with van der Waals surface area (Å²) >= 11 is 0. The Kier molecular flexibility index (Phi) is 21.4. The van der Waals surface area contributed by atoms with Gasteiger partial charge in [-0.3, -0.25) is 0 Å². The molecule has 0 spiro atoms. The molecule has 4 N–H and O–H groups in total. The molecule has 21 heavy (non-hydrogen) atoms. The van der Waals surface area contributed by atoms with Crippen LogP contribution in [0.4, 0.5) is 0 Å². The Bertz CT molecular complexity index is 136. The summed E-state index contributed by atoms with van der Waals surface area (Å²) < 4.78 is 0. The summed E-state index contributed by atoms with van der Waals surface area (Å²) in [5.74, 6) is 0. The number of hydrogen-bond acceptors (Lipinski definition) is 4. The van der Waals surface area contributed by atoms with E-state index in [0.717, 1.165) is 0 Å². The van der Waals surface area contributed by atoms with E-state index < -0.39 is 25.1 Å². The molecule has 6 heteroatoms. The Morgan fingerprint density at radius 3 is 0.524 bits per heavy atom. The quantitative estimate of drug-likeness (QED) is 0.468. The molecule has 0 unspecified atom stereocenters. The van der Waals surface area contributed by atoms with E-state index in [1.807, 2.05) is 19.6 Å². The molecule has 0 fully saturated rings. The van der Waals surface area contributed by atoms with E-state index in [1.165, 1.54) is 0 Å². The molecule has 0 saturated carbocycles. The van der Waals surface area contributed by atoms with Gasteiger partial charge in [0.2, 0.25) is 0 Å². The Labute approximate surface area is 153 Å². The minimum Gasteiger partial charge on any atom is -0.433 e. The van der Waals surface area contributed by atoms with Crippen molar-refractivity contribution in [2.24, 2.45) is 0 Å². The summed E-state index contributed by atoms with van der Waals surface area (Å²) in [4.78, 5) is 8.66. The third kappa shape index (κ3) is 8500. The predicted molar refractivity (Wildman–Crippen MR) is 91.5 cm³/mol. The van der Waals surface area contributed by atoms with Crippen molar-refractivity contribution in [3.05, 3.63) is 0 Å². The Hall–Kier alpha value is 0.940. The van der Waals surface area contributed by atoms with Crippen molar-refractivity contribution < 1.29 is 46.3 Å². The predicted octanol–water partition coefficient (Wildman–Crippen LogP) is 3.14. The second-order valence-electron chi connectivity index (χ2n) is 8.68. The van der Waals surface area contributed by atoms with Gasteiger partial charge in [-0.2, -0.15) is 0 Å². The molecular weight excluding hydrogens is 363 g/mol. The molecule has 132 valence electrons. The van der Waals surface area contributed by atoms with Crippen LogP contribution in [0.1, 0.15) is 62.3 Å². The maximum Gasteiger partial charge on any atom is 0.179 e. The zero-order valence-electron chi connectivity index (χ0n) is 16.3. The van der Waals surface area contributed by atoms with Gasteiger partial charge in [-0.15, -0.1) is 0 Å². The molecule has 0 aromatic rings. The van der Waals surface area contributed by atoms with Gasteiger partial charge in [0.15, 0.2) is 8.32 Å². The van der Waals surface area contributed by atoms with E-state index in [4.69, 9.17) is 20.1 Å². The van der Waals surface area contributed by atoms with Crippen LogP contribution < -0.4 is 0 Å². The molecule has 0 atom stereocenters. The fraction of sp³-hybridized carbons (Fsp3) is 1.00. The zero-order chi connectivity index (χ0) is 18.0. The van der Waals surface area contributed by atoms with Crippen molar-refractivity contribution in [3.8, 4) is 0 Å². The Balaban J connectivity index is -0.0000000533. The first-order valence-electron chi connectivity index (χ1n) is 6.89. The molecule has 4 nitrogen and oxygen atoms in total. The molecule has 0 heterocycles. The summed E-state index contributed by atoms with van der Waals surface area (Å²) in [5.41, 5.74) is -1.50. The SMILES string of the molecule is CC(C)(C)O.CC(C)(C)O.CC(C)(C)O.C[Si](C)(C)O.[Zr]. The Morgan fingerprint density at radius 2 is 0.524 bits per heavy atom. The van der Waals surface area contributed by atoms with Gasteiger partial charge in [0.1, 0.15) is 0 Å². The second kappa shape index (κ2) is 13.4. The zero-order valence-corrected chi connectivity index (χ0v) is 19.7. The van der Waals surface area contributed by atoms with E-state index >= 15 is 0 Å². The fourth-order valence-corrected chi connectivity index (χ4v) is 0. The smallest absolute Gasteiger partial charge is 0.179 e. The van der Waals surface area contributed by atoms with Crippen molar-refractivity contribution in [3.63, 3.8) is 0 Å². The molecule has 0 aliphatic heterocycles. The summed E-state index contributed by atoms with van der Waals surface area (Å²) in [7, 11) is -1.61. The van der Waals surface area contributed by atoms with Crippen molar-refractivity contribution >= 4 is 8.32 Å². The van der Waals surface area contributed by atoms with Crippen LogP contribution in [0, 0.1) is 0 Å². The number of aliphatic hydroxyl groups is 3. The van der Waals surface area contributed by atoms with Crippen LogP contribution in [0.2, 0.25) is 19.6 Å². The van der Waals surface area contributed by atoms with Gasteiger partial charge in [-0.05, 0) is 82.0 Å². The standard InChI is InChI=1S/3C4H10O.C3H10OSi.Zr/c3*1-4(2,3)5;1-5(2,3)4;/h3*5H,1-3H3;4H,1-3H3;. The summed E-state index contributed by atoms with van der Waals surface area (Å²) in [5, 5.41) is 25.6. The third-order valence-corrected chi connectivity index (χ3v) is 0. The minimum absolute atomic E-state index is 0. The molecular formula is C15H40O4SiZr. The molecule has 0 amide bonds. The number of hydrogen-bond donors (Lipinski definition) is 4. The first-order chi connectivity index (χ1) is 8.00. The van der Waals surface area contributed by atoms with Gasteiger partial charge >= 0.3 is 0 Å². The van der Waals surface area contributed by atoms with Crippen molar-refractivity contribution in [1.29, 1.82) is 0 Å². The molecule has 0 aliphatic carbocycles. The molecule has 0 aromatic carbocycles. The summed E-state index contributed by atoms with van der Waals surface area (Å²) in [6.07, 6.45) is 0. The number of rotatable bonds is 0. The van der Waals surface area contributed by atoms with Gasteiger partial charge in [-0.1, -0.05) is 0 Å². The normalized spacial score (nSPS) is 11.4. The topological polar surface area (TPSA) is 80.9 Å². The van der Waals surface area contributed by atoms with Gasteiger partial charge < -0.3 is 20.1 Å². The maximum atomic E-state index is 8.66. The third-order valence-electron chi connectivity index (χ3n) is 0. The van der Waals surface area contributed by atoms with Gasteiger partial charge in [0.25, 0.3) is 0 Å². The van der Waals surface area contributed by atoms with E-state index in [1.54, 1.807) is 62.3 Å². The monoisotopic (exact) mass is 402 g/mol. The molecule has 0 saturated heterocycles. The van der Waals surface area contributed by atoms with Crippen LogP contribution in [0.5, 0.6) is 0 Å². The second-order valence-corrected chi connectivity index (χ2v) is 13.0. The average molecular weight is 404 g/mol. The Morgan fingerprint density at radius 1 is 0.524 bits per heavy atom. The van der Waals surface area contributed by atoms with Gasteiger partial charge in [0, 0.05) is 26.2 Å². The summed E-state index contributed by atoms with van der Waals surface area (Å²) in [6, 6.07) is 0. The molecule has 0 aromatic heterocycles. The first-order valence-corrected chi connectivity index (χ1v) is 10.3. The largest absolute Gasteiger partial charge is 0.433 e. The summed E-state index contributed by atoms with van der Waals surface area (Å²) in [6.45, 7) is 21.3. The first kappa shape index (κ1) is 33.5. The van der Waals surface area contributed by atoms with Crippen molar-refractivity contribution in [1.82, 2.24) is 0 Å². The minimum atomic E-state index is -1.61. The molecule has 0 aliphatic rings. The maximum absolute atomic E-state index is 8.66. The fourth-order valence-electron chi connectivity index (χ4n) is 0. The average Bonchev–Trinajstić information content (AvgIpc) is 1.62. The molecule has 0 rings (SSSR count). The van der Waals surface area contributed by atoms with Crippen molar-refractivity contribution in [2.45, 2.75) is 98.8 Å². The van der Waals surface area contributed by atoms with Crippen LogP contribution >= 0.6 is 0 Å². The van der Waals surface area contributed by atoms with E-state index in [9.17, 15) is 0 Å². The van der Waals surface area contributed by atoms with Gasteiger partial charge in [0.05, 0.1) is 16.8 Å². The van der Waals surface area contributed by atoms with Gasteiger partial charge in [-0.25, -0.2) is 0 Å². The molecule has 0 radical (unpaired) electrons. The van der Waals surface area contributed by atoms with Crippen LogP contribution in [0.15, 0.2) is 0 Å². The van der Waals surface area contributed by atoms with E-state index in [2.05, 4.69) is 0 Å². The van der Waals surface area contributed by atoms with Crippen molar-refractivity contribution in [2.75, 3.05) is 0 Å². The van der Waals surface area contributed by atoms with Crippen LogP contribution in [0.25, 0.3) is 0 Å². The van der Waals surface area contributed by atoms with Crippen LogP contribution in [-0.4, -0.2) is 45.2 Å².